The highest BCUT2D eigenvalue weighted by Crippen LogP contribution is 2.12. The number of carbonyl (C=O) groups is 1. The zero-order valence-electron chi connectivity index (χ0n) is 14.6. The van der Waals surface area contributed by atoms with Crippen LogP contribution in [0, 0.1) is 0 Å². The average Bonchev–Trinajstić information content (AvgIpc) is 3.11. The maximum atomic E-state index is 11.9. The minimum atomic E-state index is -0.330. The van der Waals surface area contributed by atoms with Crippen molar-refractivity contribution in [1.29, 1.82) is 0 Å². The lowest BCUT2D eigenvalue weighted by molar-refractivity contribution is -0.122. The van der Waals surface area contributed by atoms with Crippen molar-refractivity contribution in [2.75, 3.05) is 19.0 Å². The van der Waals surface area contributed by atoms with E-state index in [4.69, 9.17) is 0 Å². The summed E-state index contributed by atoms with van der Waals surface area (Å²) in [6, 6.07) is 17.3. The van der Waals surface area contributed by atoms with Crippen LogP contribution in [0.2, 0.25) is 0 Å². The Morgan fingerprint density at radius 3 is 2.58 bits per heavy atom. The molecule has 0 atom stereocenters. The number of hydrazone groups is 1. The highest BCUT2D eigenvalue weighted by Gasteiger charge is 2.08. The molecular formula is C18H19N7O. The van der Waals surface area contributed by atoms with Crippen LogP contribution in [0.1, 0.15) is 5.56 Å². The van der Waals surface area contributed by atoms with Crippen molar-refractivity contribution in [1.82, 2.24) is 25.6 Å². The number of nitrogens with one attached hydrogen (secondary N) is 1. The van der Waals surface area contributed by atoms with Gasteiger partial charge in [-0.1, -0.05) is 42.5 Å². The molecule has 8 nitrogen and oxygen atoms in total. The average molecular weight is 349 g/mol. The first-order chi connectivity index (χ1) is 12.6. The van der Waals surface area contributed by atoms with Crippen molar-refractivity contribution in [2.45, 2.75) is 6.54 Å². The van der Waals surface area contributed by atoms with E-state index in [0.717, 1.165) is 16.8 Å². The van der Waals surface area contributed by atoms with Gasteiger partial charge < -0.3 is 4.90 Å². The van der Waals surface area contributed by atoms with E-state index in [1.54, 1.807) is 6.21 Å². The molecule has 1 N–H and O–H groups in total. The molecule has 0 radical (unpaired) electrons. The normalized spacial score (nSPS) is 10.8. The van der Waals surface area contributed by atoms with Crippen molar-refractivity contribution in [3.63, 3.8) is 0 Å². The fraction of sp³-hybridized carbons (Fsp3) is 0.167. The fourth-order valence-corrected chi connectivity index (χ4v) is 2.21. The maximum absolute atomic E-state index is 11.9. The number of aromatic nitrogens is 4. The van der Waals surface area contributed by atoms with Crippen LogP contribution in [0.4, 0.5) is 5.69 Å². The Morgan fingerprint density at radius 1 is 1.15 bits per heavy atom. The van der Waals surface area contributed by atoms with Gasteiger partial charge in [0.05, 0.1) is 6.21 Å². The maximum Gasteiger partial charge on any atom is 0.263 e. The molecule has 0 fully saturated rings. The third-order valence-electron chi connectivity index (χ3n) is 3.58. The molecule has 0 aliphatic rings. The van der Waals surface area contributed by atoms with Crippen LogP contribution in [-0.4, -0.2) is 46.4 Å². The highest BCUT2D eigenvalue weighted by atomic mass is 16.2. The van der Waals surface area contributed by atoms with Gasteiger partial charge in [0.25, 0.3) is 5.91 Å². The molecule has 1 amide bonds. The molecule has 2 aromatic carbocycles. The summed E-state index contributed by atoms with van der Waals surface area (Å²) < 4.78 is 0. The number of anilines is 1. The Morgan fingerprint density at radius 2 is 1.88 bits per heavy atom. The van der Waals surface area contributed by atoms with Crippen LogP contribution in [0.5, 0.6) is 0 Å². The molecule has 3 aromatic rings. The molecule has 132 valence electrons. The summed E-state index contributed by atoms with van der Waals surface area (Å²) in [5, 5.41) is 16.0. The van der Waals surface area contributed by atoms with Crippen LogP contribution >= 0.6 is 0 Å². The smallest absolute Gasteiger partial charge is 0.263 e. The van der Waals surface area contributed by atoms with E-state index in [1.165, 1.54) is 4.80 Å². The van der Waals surface area contributed by atoms with Gasteiger partial charge in [-0.2, -0.15) is 9.90 Å². The zero-order valence-corrected chi connectivity index (χ0v) is 14.6. The monoisotopic (exact) mass is 349 g/mol. The second-order valence-electron chi connectivity index (χ2n) is 5.79. The molecule has 0 unspecified atom stereocenters. The minimum Gasteiger partial charge on any atom is -0.378 e. The summed E-state index contributed by atoms with van der Waals surface area (Å²) in [4.78, 5) is 15.2. The molecular weight excluding hydrogens is 330 g/mol. The van der Waals surface area contributed by atoms with Gasteiger partial charge in [-0.3, -0.25) is 4.79 Å². The third kappa shape index (κ3) is 4.50. The minimum absolute atomic E-state index is 0.0588. The highest BCUT2D eigenvalue weighted by molar-refractivity contribution is 5.82. The number of hydrogen-bond acceptors (Lipinski definition) is 6. The van der Waals surface area contributed by atoms with Crippen LogP contribution < -0.4 is 10.3 Å². The molecule has 0 bridgehead atoms. The Kier molecular flexibility index (Phi) is 5.33. The van der Waals surface area contributed by atoms with Crippen molar-refractivity contribution >= 4 is 17.8 Å². The first-order valence-electron chi connectivity index (χ1n) is 8.04. The Hall–Kier alpha value is -3.55. The SMILES string of the molecule is CN(C)c1ccc(/C=N/NC(=O)Cn2nnc(-c3ccccc3)n2)cc1. The second-order valence-corrected chi connectivity index (χ2v) is 5.79. The molecule has 0 aliphatic carbocycles. The standard InChI is InChI=1S/C18H19N7O/c1-24(2)16-10-8-14(9-11-16)12-19-20-17(26)13-25-22-18(21-23-25)15-6-4-3-5-7-15/h3-12H,13H2,1-2H3,(H,20,26)/b19-12+. The Bertz CT molecular complexity index is 885. The van der Waals surface area contributed by atoms with E-state index in [1.807, 2.05) is 73.6 Å². The summed E-state index contributed by atoms with van der Waals surface area (Å²) in [5.74, 6) is 0.144. The van der Waals surface area contributed by atoms with Gasteiger partial charge in [-0.25, -0.2) is 5.43 Å². The van der Waals surface area contributed by atoms with Crippen LogP contribution in [-0.2, 0) is 11.3 Å². The number of benzene rings is 2. The largest absolute Gasteiger partial charge is 0.378 e. The van der Waals surface area contributed by atoms with Crippen LogP contribution in [0.25, 0.3) is 11.4 Å². The lowest BCUT2D eigenvalue weighted by Gasteiger charge is -2.11. The Labute approximate surface area is 151 Å². The summed E-state index contributed by atoms with van der Waals surface area (Å²) in [5.41, 5.74) is 5.29. The van der Waals surface area contributed by atoms with E-state index in [9.17, 15) is 4.79 Å². The molecule has 3 rings (SSSR count). The topological polar surface area (TPSA) is 88.3 Å². The number of rotatable bonds is 6. The molecule has 26 heavy (non-hydrogen) atoms. The lowest BCUT2D eigenvalue weighted by atomic mass is 10.2. The van der Waals surface area contributed by atoms with E-state index < -0.39 is 0 Å². The predicted octanol–water partition coefficient (Wildman–Crippen LogP) is 1.56. The quantitative estimate of drug-likeness (QED) is 0.539. The van der Waals surface area contributed by atoms with Gasteiger partial charge in [0.1, 0.15) is 6.54 Å². The van der Waals surface area contributed by atoms with Crippen molar-refractivity contribution < 1.29 is 4.79 Å². The summed E-state index contributed by atoms with van der Waals surface area (Å²) >= 11 is 0. The number of carbonyl (C=O) groups excluding carboxylic acids is 1. The second kappa shape index (κ2) is 8.02. The number of hydrogen-bond donors (Lipinski definition) is 1. The van der Waals surface area contributed by atoms with Crippen molar-refractivity contribution in [3.05, 3.63) is 60.2 Å². The summed E-state index contributed by atoms with van der Waals surface area (Å²) in [7, 11) is 3.95. The third-order valence-corrected chi connectivity index (χ3v) is 3.58. The van der Waals surface area contributed by atoms with Gasteiger partial charge in [0, 0.05) is 25.3 Å². The first kappa shape index (κ1) is 17.3. The van der Waals surface area contributed by atoms with Gasteiger partial charge in [0.15, 0.2) is 0 Å². The molecule has 0 aliphatic heterocycles. The van der Waals surface area contributed by atoms with Crippen molar-refractivity contribution in [2.24, 2.45) is 5.10 Å². The first-order valence-corrected chi connectivity index (χ1v) is 8.04. The molecule has 0 saturated carbocycles. The predicted molar refractivity (Wildman–Crippen MR) is 99.8 cm³/mol. The number of amides is 1. The van der Waals surface area contributed by atoms with Crippen LogP contribution in [0.15, 0.2) is 59.7 Å². The number of nitrogens with zero attached hydrogens (tertiary/aromatic N) is 6. The van der Waals surface area contributed by atoms with E-state index in [-0.39, 0.29) is 12.5 Å². The van der Waals surface area contributed by atoms with E-state index in [0.29, 0.717) is 5.82 Å². The van der Waals surface area contributed by atoms with Gasteiger partial charge >= 0.3 is 0 Å². The number of tetrazole rings is 1. The van der Waals surface area contributed by atoms with Crippen molar-refractivity contribution in [3.8, 4) is 11.4 Å². The Balaban J connectivity index is 1.53. The van der Waals surface area contributed by atoms with E-state index >= 15 is 0 Å². The van der Waals surface area contributed by atoms with Gasteiger partial charge in [-0.05, 0) is 22.9 Å². The molecule has 0 saturated heterocycles. The molecule has 0 spiro atoms. The van der Waals surface area contributed by atoms with Crippen LogP contribution in [0.3, 0.4) is 0 Å². The summed E-state index contributed by atoms with van der Waals surface area (Å²) in [6.07, 6.45) is 1.58. The molecule has 1 aromatic heterocycles. The molecule has 1 heterocycles. The lowest BCUT2D eigenvalue weighted by Crippen LogP contribution is -2.24. The fourth-order valence-electron chi connectivity index (χ4n) is 2.21. The van der Waals surface area contributed by atoms with Gasteiger partial charge in [0.2, 0.25) is 5.82 Å². The van der Waals surface area contributed by atoms with E-state index in [2.05, 4.69) is 25.9 Å². The van der Waals surface area contributed by atoms with Gasteiger partial charge in [-0.15, -0.1) is 10.2 Å². The molecule has 8 heteroatoms. The zero-order chi connectivity index (χ0) is 18.4. The summed E-state index contributed by atoms with van der Waals surface area (Å²) in [6.45, 7) is -0.0588.